The molecule has 5 aliphatic carbocycles. The van der Waals surface area contributed by atoms with Gasteiger partial charge in [0.05, 0.1) is 0 Å². The van der Waals surface area contributed by atoms with Crippen LogP contribution < -0.4 is 5.73 Å². The Hall–Kier alpha value is -1.09. The lowest BCUT2D eigenvalue weighted by molar-refractivity contribution is -0.197. The van der Waals surface area contributed by atoms with E-state index in [-0.39, 0.29) is 39.1 Å². The second kappa shape index (κ2) is 7.71. The largest absolute Gasteiger partial charge is 0.462 e. The summed E-state index contributed by atoms with van der Waals surface area (Å²) < 4.78 is 5.89. The zero-order chi connectivity index (χ0) is 25.7. The van der Waals surface area contributed by atoms with Gasteiger partial charge < -0.3 is 10.5 Å². The molecule has 0 spiro atoms. The first-order chi connectivity index (χ1) is 16.2. The molecule has 5 aliphatic rings. The molecule has 0 heterocycles. The lowest BCUT2D eigenvalue weighted by atomic mass is 9.35. The van der Waals surface area contributed by atoms with E-state index in [1.54, 1.807) is 18.1 Å². The Bertz CT molecular complexity index is 978. The Kier molecular flexibility index (Phi) is 5.63. The Morgan fingerprint density at radius 3 is 2.31 bits per heavy atom. The van der Waals surface area contributed by atoms with Crippen LogP contribution in [0.3, 0.4) is 0 Å². The number of allylic oxidation sites excluding steroid dienone is 4. The first-order valence-electron chi connectivity index (χ1n) is 14.4. The number of fused-ring (bicyclic) bond motifs is 6. The van der Waals surface area contributed by atoms with Crippen molar-refractivity contribution in [3.63, 3.8) is 0 Å². The molecule has 35 heavy (non-hydrogen) atoms. The summed E-state index contributed by atoms with van der Waals surface area (Å²) in [4.78, 5) is 11.9. The van der Waals surface area contributed by atoms with E-state index in [1.807, 2.05) is 0 Å². The van der Waals surface area contributed by atoms with E-state index in [1.165, 1.54) is 44.9 Å². The molecule has 0 bridgehead atoms. The highest BCUT2D eigenvalue weighted by Gasteiger charge is 2.66. The van der Waals surface area contributed by atoms with E-state index in [0.717, 1.165) is 19.4 Å². The molecule has 0 aromatic heterocycles. The quantitative estimate of drug-likeness (QED) is 0.413. The van der Waals surface area contributed by atoms with Gasteiger partial charge in [-0.05, 0) is 109 Å². The van der Waals surface area contributed by atoms with Crippen LogP contribution in [0, 0.1) is 44.3 Å². The van der Waals surface area contributed by atoms with Crippen LogP contribution in [-0.2, 0) is 9.53 Å². The molecule has 0 amide bonds. The van der Waals surface area contributed by atoms with Crippen molar-refractivity contribution in [1.29, 1.82) is 0 Å². The molecule has 2 N–H and O–H groups in total. The summed E-state index contributed by atoms with van der Waals surface area (Å²) in [6.07, 6.45) is 16.3. The van der Waals surface area contributed by atoms with E-state index in [9.17, 15) is 4.79 Å². The van der Waals surface area contributed by atoms with Gasteiger partial charge in [-0.25, -0.2) is 0 Å². The van der Waals surface area contributed by atoms with Gasteiger partial charge >= 0.3 is 5.97 Å². The molecule has 3 heteroatoms. The number of rotatable bonds is 2. The van der Waals surface area contributed by atoms with Crippen LogP contribution >= 0.6 is 0 Å². The second-order valence-electron chi connectivity index (χ2n) is 15.3. The number of esters is 1. The highest BCUT2D eigenvalue weighted by atomic mass is 16.5. The monoisotopic (exact) mass is 481 g/mol. The van der Waals surface area contributed by atoms with Crippen molar-refractivity contribution in [1.82, 2.24) is 0 Å². The predicted molar refractivity (Wildman–Crippen MR) is 144 cm³/mol. The predicted octanol–water partition coefficient (Wildman–Crippen LogP) is 7.60. The number of hydrogen-bond donors (Lipinski definition) is 1. The van der Waals surface area contributed by atoms with E-state index >= 15 is 0 Å². The summed E-state index contributed by atoms with van der Waals surface area (Å²) in [6.45, 7) is 19.9. The Balaban J connectivity index is 1.59. The average molecular weight is 482 g/mol. The highest BCUT2D eigenvalue weighted by molar-refractivity contribution is 5.66. The molecule has 3 nitrogen and oxygen atoms in total. The minimum absolute atomic E-state index is 0.00489. The molecular weight excluding hydrogens is 430 g/mol. The molecule has 196 valence electrons. The highest BCUT2D eigenvalue weighted by Crippen LogP contribution is 2.74. The Morgan fingerprint density at radius 2 is 1.66 bits per heavy atom. The zero-order valence-electron chi connectivity index (χ0n) is 23.9. The molecule has 0 aromatic carbocycles. The number of carbonyl (C=O) groups is 1. The minimum Gasteiger partial charge on any atom is -0.462 e. The first-order valence-corrected chi connectivity index (χ1v) is 14.4. The van der Waals surface area contributed by atoms with Crippen LogP contribution in [-0.4, -0.2) is 18.6 Å². The van der Waals surface area contributed by atoms with Gasteiger partial charge in [0.25, 0.3) is 0 Å². The van der Waals surface area contributed by atoms with Crippen molar-refractivity contribution in [2.24, 2.45) is 50.1 Å². The molecule has 0 aliphatic heterocycles. The van der Waals surface area contributed by atoms with Gasteiger partial charge in [0.1, 0.15) is 6.10 Å². The summed E-state index contributed by atoms with van der Waals surface area (Å²) in [5, 5.41) is 0. The van der Waals surface area contributed by atoms with Crippen molar-refractivity contribution < 1.29 is 9.53 Å². The molecular formula is C32H51NO2. The zero-order valence-corrected chi connectivity index (χ0v) is 23.9. The Morgan fingerprint density at radius 1 is 0.971 bits per heavy atom. The van der Waals surface area contributed by atoms with Crippen molar-refractivity contribution in [3.05, 3.63) is 23.3 Å². The van der Waals surface area contributed by atoms with Gasteiger partial charge in [0.2, 0.25) is 0 Å². The third-order valence-electron chi connectivity index (χ3n) is 13.0. The maximum atomic E-state index is 11.9. The fraction of sp³-hybridized carbons (Fsp3) is 0.844. The Labute approximate surface area is 214 Å². The third-order valence-corrected chi connectivity index (χ3v) is 13.0. The number of hydrogen-bond acceptors (Lipinski definition) is 3. The minimum atomic E-state index is -0.129. The number of carbonyl (C=O) groups excluding carboxylic acids is 1. The molecule has 5 rings (SSSR count). The number of nitrogens with two attached hydrogens (primary N) is 1. The first kappa shape index (κ1) is 25.6. The third kappa shape index (κ3) is 3.35. The SMILES string of the molecule is CC(=O)O[C@H]1CC[C@]2(C)[C@H]3C=CC4=C5C[C@@](C)(CN)CC[C@]5(C)CC[C@@]4(C)[C@]3(C)CC[C@H]2C1(C)C. The topological polar surface area (TPSA) is 52.3 Å². The van der Waals surface area contributed by atoms with Crippen molar-refractivity contribution in [2.75, 3.05) is 6.54 Å². The van der Waals surface area contributed by atoms with Gasteiger partial charge in [-0.15, -0.1) is 0 Å². The molecule has 0 saturated heterocycles. The van der Waals surface area contributed by atoms with Gasteiger partial charge in [-0.2, -0.15) is 0 Å². The normalized spacial score (nSPS) is 50.5. The second-order valence-corrected chi connectivity index (χ2v) is 15.3. The van der Waals surface area contributed by atoms with Crippen molar-refractivity contribution >= 4 is 5.97 Å². The maximum absolute atomic E-state index is 11.9. The summed E-state index contributed by atoms with van der Waals surface area (Å²) in [6, 6.07) is 0. The van der Waals surface area contributed by atoms with Gasteiger partial charge in [0.15, 0.2) is 0 Å². The molecule has 3 fully saturated rings. The van der Waals surface area contributed by atoms with E-state index in [2.05, 4.69) is 60.6 Å². The summed E-state index contributed by atoms with van der Waals surface area (Å²) in [5.41, 5.74) is 11.1. The molecule has 3 saturated carbocycles. The van der Waals surface area contributed by atoms with Crippen LogP contribution in [0.2, 0.25) is 0 Å². The van der Waals surface area contributed by atoms with Crippen LogP contribution in [0.5, 0.6) is 0 Å². The lowest BCUT2D eigenvalue weighted by Crippen LogP contribution is -2.63. The van der Waals surface area contributed by atoms with Gasteiger partial charge in [0, 0.05) is 12.3 Å². The van der Waals surface area contributed by atoms with Crippen LogP contribution in [0.15, 0.2) is 23.3 Å². The van der Waals surface area contributed by atoms with Gasteiger partial charge in [-0.3, -0.25) is 4.79 Å². The summed E-state index contributed by atoms with van der Waals surface area (Å²) in [7, 11) is 0. The molecule has 8 atom stereocenters. The van der Waals surface area contributed by atoms with E-state index < -0.39 is 0 Å². The fourth-order valence-electron chi connectivity index (χ4n) is 10.3. The molecule has 0 aromatic rings. The fourth-order valence-corrected chi connectivity index (χ4v) is 10.3. The maximum Gasteiger partial charge on any atom is 0.302 e. The van der Waals surface area contributed by atoms with Gasteiger partial charge in [-0.1, -0.05) is 66.2 Å². The standard InChI is InChI=1S/C32H51NO2/c1-21(34)35-26-12-13-30(6)24(27(26,2)3)11-14-32(8)25(30)10-9-22-23-19-28(4,20-33)15-16-29(23,5)17-18-31(22,32)7/h9-10,24-26H,11-20,33H2,1-8H3/t24-,25+,26-,28-,29+,30-,31+,32+/m0/s1. The smallest absolute Gasteiger partial charge is 0.302 e. The van der Waals surface area contributed by atoms with Crippen LogP contribution in [0.25, 0.3) is 0 Å². The van der Waals surface area contributed by atoms with Crippen LogP contribution in [0.4, 0.5) is 0 Å². The lowest BCUT2D eigenvalue weighted by Gasteiger charge is -2.69. The van der Waals surface area contributed by atoms with Crippen molar-refractivity contribution in [2.45, 2.75) is 119 Å². The number of ether oxygens (including phenoxy) is 1. The van der Waals surface area contributed by atoms with Crippen molar-refractivity contribution in [3.8, 4) is 0 Å². The summed E-state index contributed by atoms with van der Waals surface area (Å²) >= 11 is 0. The molecule has 0 radical (unpaired) electrons. The van der Waals surface area contributed by atoms with E-state index in [0.29, 0.717) is 17.3 Å². The van der Waals surface area contributed by atoms with E-state index in [4.69, 9.17) is 10.5 Å². The average Bonchev–Trinajstić information content (AvgIpc) is 2.77. The molecule has 0 unspecified atom stereocenters. The summed E-state index contributed by atoms with van der Waals surface area (Å²) in [5.74, 6) is 1.00. The van der Waals surface area contributed by atoms with Crippen LogP contribution in [0.1, 0.15) is 113 Å².